The zero-order valence-electron chi connectivity index (χ0n) is 11.8. The second kappa shape index (κ2) is 6.14. The van der Waals surface area contributed by atoms with Crippen LogP contribution in [0.1, 0.15) is 29.4 Å². The summed E-state index contributed by atoms with van der Waals surface area (Å²) >= 11 is 0. The van der Waals surface area contributed by atoms with Gasteiger partial charge in [-0.3, -0.25) is 10.1 Å². The van der Waals surface area contributed by atoms with Crippen molar-refractivity contribution in [2.75, 3.05) is 17.7 Å². The molecule has 0 saturated carbocycles. The van der Waals surface area contributed by atoms with Crippen molar-refractivity contribution in [3.63, 3.8) is 0 Å². The monoisotopic (exact) mass is 274 g/mol. The van der Waals surface area contributed by atoms with E-state index >= 15 is 0 Å². The number of pyridine rings is 1. The van der Waals surface area contributed by atoms with Gasteiger partial charge in [0.15, 0.2) is 0 Å². The third-order valence-electron chi connectivity index (χ3n) is 2.84. The van der Waals surface area contributed by atoms with Gasteiger partial charge >= 0.3 is 0 Å². The number of amides is 1. The molecular formula is C13H18N6O. The zero-order chi connectivity index (χ0) is 14.5. The van der Waals surface area contributed by atoms with Crippen molar-refractivity contribution >= 4 is 17.7 Å². The van der Waals surface area contributed by atoms with Crippen LogP contribution in [0.2, 0.25) is 0 Å². The second-order valence-electron chi connectivity index (χ2n) is 4.39. The van der Waals surface area contributed by atoms with Gasteiger partial charge in [-0.25, -0.2) is 9.67 Å². The minimum Gasteiger partial charge on any atom is -0.373 e. The molecule has 0 aliphatic carbocycles. The number of nitrogens with zero attached hydrogens (tertiary/aromatic N) is 4. The molecule has 0 saturated heterocycles. The summed E-state index contributed by atoms with van der Waals surface area (Å²) in [6.07, 6.45) is 3.20. The van der Waals surface area contributed by atoms with Gasteiger partial charge in [0, 0.05) is 25.4 Å². The summed E-state index contributed by atoms with van der Waals surface area (Å²) in [5, 5.41) is 9.60. The summed E-state index contributed by atoms with van der Waals surface area (Å²) in [5.74, 6) is 0.867. The van der Waals surface area contributed by atoms with E-state index in [1.165, 1.54) is 11.0 Å². The zero-order valence-corrected chi connectivity index (χ0v) is 11.8. The molecule has 106 valence electrons. The molecule has 0 fully saturated rings. The van der Waals surface area contributed by atoms with Gasteiger partial charge in [-0.05, 0) is 18.6 Å². The molecule has 1 amide bonds. The van der Waals surface area contributed by atoms with Crippen LogP contribution in [0.25, 0.3) is 0 Å². The maximum atomic E-state index is 12.2. The van der Waals surface area contributed by atoms with Crippen molar-refractivity contribution in [3.05, 3.63) is 29.7 Å². The molecule has 0 aromatic carbocycles. The van der Waals surface area contributed by atoms with Gasteiger partial charge in [0.25, 0.3) is 5.91 Å². The molecule has 0 unspecified atom stereocenters. The summed E-state index contributed by atoms with van der Waals surface area (Å²) in [7, 11) is 3.50. The summed E-state index contributed by atoms with van der Waals surface area (Å²) in [6, 6.07) is 3.51. The molecule has 7 heteroatoms. The van der Waals surface area contributed by atoms with E-state index in [2.05, 4.69) is 32.6 Å². The smallest absolute Gasteiger partial charge is 0.258 e. The predicted molar refractivity (Wildman–Crippen MR) is 76.7 cm³/mol. The lowest BCUT2D eigenvalue weighted by atomic mass is 10.1. The second-order valence-corrected chi connectivity index (χ2v) is 4.39. The standard InChI is InChI=1S/C13H18N6O/c1-4-5-10-6-9(7-11(14-2)17-10)12(20)18-13-15-8-16-19(13)3/h6-8H,4-5H2,1-3H3,(H,14,17)(H,15,16,18,20). The van der Waals surface area contributed by atoms with Crippen molar-refractivity contribution in [3.8, 4) is 0 Å². The van der Waals surface area contributed by atoms with E-state index in [1.807, 2.05) is 0 Å². The Morgan fingerprint density at radius 2 is 2.20 bits per heavy atom. The van der Waals surface area contributed by atoms with E-state index in [1.54, 1.807) is 26.2 Å². The normalized spacial score (nSPS) is 10.3. The third kappa shape index (κ3) is 3.11. The van der Waals surface area contributed by atoms with Crippen LogP contribution in [0, 0.1) is 0 Å². The van der Waals surface area contributed by atoms with Gasteiger partial charge in [-0.15, -0.1) is 0 Å². The fourth-order valence-corrected chi connectivity index (χ4v) is 1.81. The van der Waals surface area contributed by atoms with E-state index < -0.39 is 0 Å². The van der Waals surface area contributed by atoms with Crippen molar-refractivity contribution in [2.45, 2.75) is 19.8 Å². The predicted octanol–water partition coefficient (Wildman–Crippen LogP) is 1.46. The van der Waals surface area contributed by atoms with E-state index in [0.29, 0.717) is 17.3 Å². The Labute approximate surface area is 117 Å². The van der Waals surface area contributed by atoms with Crippen LogP contribution in [0.15, 0.2) is 18.5 Å². The van der Waals surface area contributed by atoms with Crippen LogP contribution in [0.5, 0.6) is 0 Å². The molecule has 2 N–H and O–H groups in total. The largest absolute Gasteiger partial charge is 0.373 e. The molecule has 0 bridgehead atoms. The summed E-state index contributed by atoms with van der Waals surface area (Å²) < 4.78 is 1.50. The average molecular weight is 274 g/mol. The highest BCUT2D eigenvalue weighted by atomic mass is 16.1. The minimum absolute atomic E-state index is 0.225. The highest BCUT2D eigenvalue weighted by Gasteiger charge is 2.12. The Kier molecular flexibility index (Phi) is 4.29. The van der Waals surface area contributed by atoms with Crippen LogP contribution < -0.4 is 10.6 Å². The van der Waals surface area contributed by atoms with E-state index in [0.717, 1.165) is 18.5 Å². The van der Waals surface area contributed by atoms with Crippen molar-refractivity contribution in [2.24, 2.45) is 7.05 Å². The number of carbonyl (C=O) groups is 1. The first-order valence-corrected chi connectivity index (χ1v) is 6.48. The van der Waals surface area contributed by atoms with Gasteiger partial charge in [0.05, 0.1) is 0 Å². The summed E-state index contributed by atoms with van der Waals surface area (Å²) in [4.78, 5) is 20.6. The Morgan fingerprint density at radius 3 is 2.80 bits per heavy atom. The van der Waals surface area contributed by atoms with Crippen LogP contribution in [0.4, 0.5) is 11.8 Å². The molecule has 2 aromatic heterocycles. The van der Waals surface area contributed by atoms with Gasteiger partial charge < -0.3 is 5.32 Å². The third-order valence-corrected chi connectivity index (χ3v) is 2.84. The molecule has 0 aliphatic rings. The van der Waals surface area contributed by atoms with Gasteiger partial charge in [0.2, 0.25) is 5.95 Å². The molecular weight excluding hydrogens is 256 g/mol. The molecule has 0 aliphatic heterocycles. The molecule has 0 radical (unpaired) electrons. The lowest BCUT2D eigenvalue weighted by Gasteiger charge is -2.08. The number of hydrogen-bond donors (Lipinski definition) is 2. The molecule has 2 rings (SSSR count). The van der Waals surface area contributed by atoms with E-state index in [4.69, 9.17) is 0 Å². The van der Waals surface area contributed by atoms with Crippen molar-refractivity contribution < 1.29 is 4.79 Å². The quantitative estimate of drug-likeness (QED) is 0.862. The fraction of sp³-hybridized carbons (Fsp3) is 0.385. The number of nitrogens with one attached hydrogen (secondary N) is 2. The Balaban J connectivity index is 2.24. The molecule has 0 spiro atoms. The first-order chi connectivity index (χ1) is 9.63. The van der Waals surface area contributed by atoms with Crippen LogP contribution in [-0.2, 0) is 13.5 Å². The number of rotatable bonds is 5. The van der Waals surface area contributed by atoms with Crippen molar-refractivity contribution in [1.82, 2.24) is 19.7 Å². The highest BCUT2D eigenvalue weighted by molar-refractivity contribution is 6.03. The lowest BCUT2D eigenvalue weighted by Crippen LogP contribution is -2.16. The first-order valence-electron chi connectivity index (χ1n) is 6.48. The van der Waals surface area contributed by atoms with Crippen molar-refractivity contribution in [1.29, 1.82) is 0 Å². The first kappa shape index (κ1) is 14.0. The molecule has 2 heterocycles. The molecule has 7 nitrogen and oxygen atoms in total. The van der Waals surface area contributed by atoms with E-state index in [-0.39, 0.29) is 5.91 Å². The highest BCUT2D eigenvalue weighted by Crippen LogP contribution is 2.13. The fourth-order valence-electron chi connectivity index (χ4n) is 1.81. The Morgan fingerprint density at radius 1 is 1.40 bits per heavy atom. The van der Waals surface area contributed by atoms with Gasteiger partial charge in [-0.1, -0.05) is 13.3 Å². The summed E-state index contributed by atoms with van der Waals surface area (Å²) in [6.45, 7) is 2.08. The van der Waals surface area contributed by atoms with Crippen LogP contribution in [0.3, 0.4) is 0 Å². The Hall–Kier alpha value is -2.44. The number of aryl methyl sites for hydroxylation is 2. The SMILES string of the molecule is CCCc1cc(C(=O)Nc2ncnn2C)cc(NC)n1. The van der Waals surface area contributed by atoms with E-state index in [9.17, 15) is 4.79 Å². The van der Waals surface area contributed by atoms with Crippen LogP contribution >= 0.6 is 0 Å². The number of hydrogen-bond acceptors (Lipinski definition) is 5. The van der Waals surface area contributed by atoms with Crippen LogP contribution in [-0.4, -0.2) is 32.7 Å². The maximum absolute atomic E-state index is 12.2. The lowest BCUT2D eigenvalue weighted by molar-refractivity contribution is 0.102. The summed E-state index contributed by atoms with van der Waals surface area (Å²) in [5.41, 5.74) is 1.44. The minimum atomic E-state index is -0.225. The average Bonchev–Trinajstić information content (AvgIpc) is 2.84. The molecule has 0 atom stereocenters. The number of aromatic nitrogens is 4. The topological polar surface area (TPSA) is 84.7 Å². The van der Waals surface area contributed by atoms with Gasteiger partial charge in [-0.2, -0.15) is 10.1 Å². The Bertz CT molecular complexity index is 607. The number of anilines is 2. The number of carbonyl (C=O) groups excluding carboxylic acids is 1. The molecule has 20 heavy (non-hydrogen) atoms. The maximum Gasteiger partial charge on any atom is 0.258 e. The van der Waals surface area contributed by atoms with Gasteiger partial charge in [0.1, 0.15) is 12.1 Å². The molecule has 2 aromatic rings.